The summed E-state index contributed by atoms with van der Waals surface area (Å²) in [6.45, 7) is 6.09. The summed E-state index contributed by atoms with van der Waals surface area (Å²) < 4.78 is 6.20. The molecule has 1 heterocycles. The van der Waals surface area contributed by atoms with Gasteiger partial charge in [0.05, 0.1) is 16.6 Å². The molecular weight excluding hydrogens is 460 g/mol. The van der Waals surface area contributed by atoms with Gasteiger partial charge in [-0.2, -0.15) is 0 Å². The number of aliphatic hydroxyl groups is 1. The normalized spacial score (nSPS) is 21.4. The Balaban J connectivity index is 1.51. The van der Waals surface area contributed by atoms with Gasteiger partial charge in [-0.1, -0.05) is 78.3 Å². The Morgan fingerprint density at radius 2 is 1.69 bits per heavy atom. The molecular formula is C29H35ClN2O3. The number of ether oxygens (including phenoxy) is 1. The monoisotopic (exact) mass is 494 g/mol. The van der Waals surface area contributed by atoms with Crippen LogP contribution in [0.15, 0.2) is 83.6 Å². The second-order valence-corrected chi connectivity index (χ2v) is 10.6. The van der Waals surface area contributed by atoms with Crippen LogP contribution in [0.3, 0.4) is 0 Å². The lowest BCUT2D eigenvalue weighted by Crippen LogP contribution is -2.47. The maximum atomic E-state index is 13.1. The van der Waals surface area contributed by atoms with Crippen LogP contribution in [-0.2, 0) is 14.9 Å². The van der Waals surface area contributed by atoms with Crippen molar-refractivity contribution >= 4 is 17.5 Å². The van der Waals surface area contributed by atoms with Crippen molar-refractivity contribution in [2.24, 2.45) is 5.73 Å². The van der Waals surface area contributed by atoms with Crippen LogP contribution >= 0.6 is 11.6 Å². The molecule has 2 atom stereocenters. The zero-order chi connectivity index (χ0) is 25.1. The van der Waals surface area contributed by atoms with Gasteiger partial charge in [0.2, 0.25) is 5.91 Å². The Morgan fingerprint density at radius 1 is 1.09 bits per heavy atom. The predicted molar refractivity (Wildman–Crippen MR) is 140 cm³/mol. The van der Waals surface area contributed by atoms with Crippen molar-refractivity contribution in [3.8, 4) is 0 Å². The number of likely N-dealkylation sites (tertiary alicyclic amines) is 1. The molecule has 2 aliphatic rings. The number of hydrogen-bond donors (Lipinski definition) is 2. The number of rotatable bonds is 9. The van der Waals surface area contributed by atoms with Crippen molar-refractivity contribution in [2.45, 2.75) is 62.7 Å². The number of hydrogen-bond acceptors (Lipinski definition) is 4. The van der Waals surface area contributed by atoms with Gasteiger partial charge in [0.25, 0.3) is 0 Å². The van der Waals surface area contributed by atoms with Crippen LogP contribution < -0.4 is 5.73 Å². The number of amides is 1. The van der Waals surface area contributed by atoms with Gasteiger partial charge in [-0.05, 0) is 50.3 Å². The zero-order valence-corrected chi connectivity index (χ0v) is 21.2. The Kier molecular flexibility index (Phi) is 7.70. The minimum atomic E-state index is -0.904. The van der Waals surface area contributed by atoms with Gasteiger partial charge in [-0.15, -0.1) is 0 Å². The molecule has 5 nitrogen and oxygen atoms in total. The fourth-order valence-electron chi connectivity index (χ4n) is 5.28. The van der Waals surface area contributed by atoms with Crippen LogP contribution in [0, 0.1) is 0 Å². The lowest BCUT2D eigenvalue weighted by molar-refractivity contribution is -0.122. The number of aliphatic hydroxyl groups excluding tert-OH is 1. The van der Waals surface area contributed by atoms with Crippen LogP contribution in [0.4, 0.5) is 0 Å². The van der Waals surface area contributed by atoms with E-state index < -0.39 is 11.5 Å². The molecule has 0 spiro atoms. The van der Waals surface area contributed by atoms with E-state index in [2.05, 4.69) is 18.7 Å². The van der Waals surface area contributed by atoms with Crippen LogP contribution in [0.5, 0.6) is 0 Å². The first kappa shape index (κ1) is 25.5. The van der Waals surface area contributed by atoms with Crippen LogP contribution in [0.1, 0.15) is 50.7 Å². The van der Waals surface area contributed by atoms with Crippen molar-refractivity contribution in [1.82, 2.24) is 4.90 Å². The lowest BCUT2D eigenvalue weighted by atomic mass is 9.69. The third-order valence-electron chi connectivity index (χ3n) is 7.50. The topological polar surface area (TPSA) is 75.8 Å². The average Bonchev–Trinajstić information content (AvgIpc) is 3.33. The van der Waals surface area contributed by atoms with Gasteiger partial charge >= 0.3 is 0 Å². The molecule has 0 bridgehead atoms. The summed E-state index contributed by atoms with van der Waals surface area (Å²) >= 11 is 6.30. The Hall–Kier alpha value is -2.60. The molecule has 1 aliphatic carbocycles. The number of nitrogens with two attached hydrogens (primary N) is 1. The molecule has 2 aromatic rings. The largest absolute Gasteiger partial charge is 0.492 e. The molecule has 186 valence electrons. The molecule has 1 unspecified atom stereocenters. The Bertz CT molecular complexity index is 1040. The predicted octanol–water partition coefficient (Wildman–Crippen LogP) is 4.88. The Labute approximate surface area is 213 Å². The first-order valence-corrected chi connectivity index (χ1v) is 12.7. The Morgan fingerprint density at radius 3 is 2.26 bits per heavy atom. The van der Waals surface area contributed by atoms with Gasteiger partial charge in [0, 0.05) is 25.0 Å². The molecule has 3 N–H and O–H groups in total. The van der Waals surface area contributed by atoms with Crippen LogP contribution in [0.25, 0.3) is 0 Å². The summed E-state index contributed by atoms with van der Waals surface area (Å²) in [6.07, 6.45) is 5.51. The molecule has 0 aromatic heterocycles. The molecule has 35 heavy (non-hydrogen) atoms. The number of carbonyl (C=O) groups is 1. The summed E-state index contributed by atoms with van der Waals surface area (Å²) in [7, 11) is 0. The van der Waals surface area contributed by atoms with E-state index in [0.29, 0.717) is 23.6 Å². The number of carbonyl (C=O) groups excluding carboxylic acids is 1. The molecule has 6 heteroatoms. The summed E-state index contributed by atoms with van der Waals surface area (Å²) in [5.74, 6) is 0.325. The third kappa shape index (κ3) is 5.48. The van der Waals surface area contributed by atoms with E-state index in [4.69, 9.17) is 22.1 Å². The van der Waals surface area contributed by atoms with Crippen molar-refractivity contribution in [1.29, 1.82) is 0 Å². The molecule has 1 fully saturated rings. The highest BCUT2D eigenvalue weighted by molar-refractivity contribution is 6.31. The van der Waals surface area contributed by atoms with E-state index in [1.165, 1.54) is 0 Å². The third-order valence-corrected chi connectivity index (χ3v) is 7.84. The van der Waals surface area contributed by atoms with Gasteiger partial charge in [-0.25, -0.2) is 0 Å². The molecule has 1 amide bonds. The fraction of sp³-hybridized carbons (Fsp3) is 0.414. The highest BCUT2D eigenvalue weighted by atomic mass is 35.5. The lowest BCUT2D eigenvalue weighted by Gasteiger charge is -2.40. The minimum Gasteiger partial charge on any atom is -0.492 e. The number of nitrogens with zero attached hydrogens (tertiary/aromatic N) is 1. The molecule has 1 aliphatic heterocycles. The standard InChI is InChI=1S/C29H35ClN2O3/c1-28(2,32-18-15-24(20-32)35-26-19-23(33)13-14-25(26)30)16-17-29(27(31)34,21-9-5-3-6-10-21)22-11-7-4-8-12-22/h3-14,23-24,33H,15-20H2,1-2H3,(H2,31,34)/t23?,24-/m0/s1. The van der Waals surface area contributed by atoms with Gasteiger partial charge in [0.1, 0.15) is 11.9 Å². The second-order valence-electron chi connectivity index (χ2n) is 10.2. The van der Waals surface area contributed by atoms with Crippen LogP contribution in [-0.4, -0.2) is 46.7 Å². The van der Waals surface area contributed by atoms with Crippen molar-refractivity contribution < 1.29 is 14.6 Å². The van der Waals surface area contributed by atoms with E-state index in [9.17, 15) is 9.90 Å². The highest BCUT2D eigenvalue weighted by Crippen LogP contribution is 2.40. The fourth-order valence-corrected chi connectivity index (χ4v) is 5.48. The molecule has 4 rings (SSSR count). The first-order valence-electron chi connectivity index (χ1n) is 12.3. The van der Waals surface area contributed by atoms with Crippen molar-refractivity contribution in [3.05, 3.63) is 94.7 Å². The van der Waals surface area contributed by atoms with E-state index >= 15 is 0 Å². The molecule has 2 aromatic carbocycles. The summed E-state index contributed by atoms with van der Waals surface area (Å²) in [4.78, 5) is 15.6. The number of benzene rings is 2. The molecule has 0 saturated carbocycles. The summed E-state index contributed by atoms with van der Waals surface area (Å²) in [5, 5.41) is 10.5. The second kappa shape index (κ2) is 10.6. The number of allylic oxidation sites excluding steroid dienone is 2. The summed E-state index contributed by atoms with van der Waals surface area (Å²) in [6, 6.07) is 19.7. The summed E-state index contributed by atoms with van der Waals surface area (Å²) in [5.41, 5.74) is 6.91. The van der Waals surface area contributed by atoms with E-state index in [0.717, 1.165) is 37.1 Å². The van der Waals surface area contributed by atoms with Gasteiger partial charge in [0.15, 0.2) is 0 Å². The first-order chi connectivity index (χ1) is 16.7. The molecule has 1 saturated heterocycles. The van der Waals surface area contributed by atoms with Gasteiger partial charge in [-0.3, -0.25) is 9.69 Å². The van der Waals surface area contributed by atoms with E-state index in [1.54, 1.807) is 12.2 Å². The van der Waals surface area contributed by atoms with Crippen LogP contribution in [0.2, 0.25) is 0 Å². The zero-order valence-electron chi connectivity index (χ0n) is 20.5. The maximum absolute atomic E-state index is 13.1. The van der Waals surface area contributed by atoms with E-state index in [1.807, 2.05) is 60.7 Å². The number of halogens is 1. The quantitative estimate of drug-likeness (QED) is 0.521. The number of primary amides is 1. The maximum Gasteiger partial charge on any atom is 0.232 e. The highest BCUT2D eigenvalue weighted by Gasteiger charge is 2.43. The molecule has 0 radical (unpaired) electrons. The van der Waals surface area contributed by atoms with Crippen molar-refractivity contribution in [2.75, 3.05) is 13.1 Å². The van der Waals surface area contributed by atoms with Gasteiger partial charge < -0.3 is 15.6 Å². The van der Waals surface area contributed by atoms with Crippen molar-refractivity contribution in [3.63, 3.8) is 0 Å². The average molecular weight is 495 g/mol. The SMILES string of the molecule is CC(C)(CCC(C(N)=O)(c1ccccc1)c1ccccc1)N1CC[C@H](OC2=C(Cl)C=CC(O)C2)C1. The minimum absolute atomic E-state index is 0.0147. The smallest absolute Gasteiger partial charge is 0.232 e. The van der Waals surface area contributed by atoms with E-state index in [-0.39, 0.29) is 17.6 Å².